The van der Waals surface area contributed by atoms with E-state index in [1.165, 1.54) is 0 Å². The molecule has 0 atom stereocenters. The zero-order chi connectivity index (χ0) is 22.0. The van der Waals surface area contributed by atoms with Crippen molar-refractivity contribution in [3.05, 3.63) is 118 Å². The average Bonchev–Trinajstić information content (AvgIpc) is 3.15. The molecule has 0 spiro atoms. The molecular formula is C28H20N2O. The molecule has 0 unspecified atom stereocenters. The lowest BCUT2D eigenvalue weighted by Crippen LogP contribution is -2.19. The van der Waals surface area contributed by atoms with Crippen LogP contribution >= 0.6 is 0 Å². The molecule has 0 aromatic heterocycles. The van der Waals surface area contributed by atoms with Gasteiger partial charge in [-0.25, -0.2) is 0 Å². The first kappa shape index (κ1) is 20.1. The highest BCUT2D eigenvalue weighted by atomic mass is 16.1. The van der Waals surface area contributed by atoms with Crippen LogP contribution in [0.1, 0.15) is 32.6 Å². The largest absolute Gasteiger partial charge is 0.289 e. The Hall–Kier alpha value is -4.21. The number of benzene rings is 3. The first-order valence-electron chi connectivity index (χ1n) is 10.0. The molecule has 3 aromatic carbocycles. The lowest BCUT2D eigenvalue weighted by Gasteiger charge is -2.22. The molecular weight excluding hydrogens is 380 g/mol. The third-order valence-corrected chi connectivity index (χ3v) is 5.66. The maximum absolute atomic E-state index is 13.6. The van der Waals surface area contributed by atoms with Crippen molar-refractivity contribution in [3.8, 4) is 12.1 Å². The fourth-order valence-corrected chi connectivity index (χ4v) is 3.97. The van der Waals surface area contributed by atoms with Crippen LogP contribution < -0.4 is 0 Å². The summed E-state index contributed by atoms with van der Waals surface area (Å²) in [7, 11) is 0. The number of aryl methyl sites for hydroxylation is 2. The summed E-state index contributed by atoms with van der Waals surface area (Å²) >= 11 is 0. The van der Waals surface area contributed by atoms with Gasteiger partial charge in [-0.15, -0.1) is 0 Å². The number of nitrogens with zero attached hydrogens (tertiary/aromatic N) is 2. The van der Waals surface area contributed by atoms with Crippen LogP contribution in [0.25, 0.3) is 11.1 Å². The minimum Gasteiger partial charge on any atom is -0.289 e. The molecule has 3 heteroatoms. The highest BCUT2D eigenvalue weighted by Crippen LogP contribution is 2.52. The van der Waals surface area contributed by atoms with Gasteiger partial charge in [0.2, 0.25) is 0 Å². The normalized spacial score (nSPS) is 14.5. The van der Waals surface area contributed by atoms with E-state index < -0.39 is 5.41 Å². The molecule has 1 aliphatic carbocycles. The number of carbonyl (C=O) groups is 1. The molecule has 0 heterocycles. The monoisotopic (exact) mass is 400 g/mol. The quantitative estimate of drug-likeness (QED) is 0.499. The van der Waals surface area contributed by atoms with Crippen LogP contribution in [0.5, 0.6) is 0 Å². The van der Waals surface area contributed by atoms with Crippen LogP contribution in [0.4, 0.5) is 0 Å². The highest BCUT2D eigenvalue weighted by Gasteiger charge is 2.47. The SMILES string of the molecule is Cc1ccc(C(=O)C2=C(c3ccccc3)C(C#N)(C#N)C(c3ccc(C)cc3)=C2)cc1. The Morgan fingerprint density at radius 1 is 0.742 bits per heavy atom. The maximum Gasteiger partial charge on any atom is 0.195 e. The van der Waals surface area contributed by atoms with Gasteiger partial charge in [-0.2, -0.15) is 10.5 Å². The molecule has 0 aliphatic heterocycles. The van der Waals surface area contributed by atoms with Gasteiger partial charge in [0.15, 0.2) is 11.2 Å². The molecule has 4 rings (SSSR count). The molecule has 0 saturated heterocycles. The summed E-state index contributed by atoms with van der Waals surface area (Å²) in [6.07, 6.45) is 1.72. The van der Waals surface area contributed by atoms with Crippen molar-refractivity contribution in [2.45, 2.75) is 13.8 Å². The highest BCUT2D eigenvalue weighted by molar-refractivity contribution is 6.21. The molecule has 3 nitrogen and oxygen atoms in total. The van der Waals surface area contributed by atoms with Crippen molar-refractivity contribution in [1.82, 2.24) is 0 Å². The zero-order valence-corrected chi connectivity index (χ0v) is 17.4. The lowest BCUT2D eigenvalue weighted by molar-refractivity contribution is 0.103. The van der Waals surface area contributed by atoms with Gasteiger partial charge < -0.3 is 0 Å². The average molecular weight is 400 g/mol. The fraction of sp³-hybridized carbons (Fsp3) is 0.107. The van der Waals surface area contributed by atoms with Crippen LogP contribution in [0.3, 0.4) is 0 Å². The van der Waals surface area contributed by atoms with Crippen LogP contribution in [0.2, 0.25) is 0 Å². The summed E-state index contributed by atoms with van der Waals surface area (Å²) in [6, 6.07) is 28.7. The Balaban J connectivity index is 1.99. The third-order valence-electron chi connectivity index (χ3n) is 5.66. The summed E-state index contributed by atoms with van der Waals surface area (Å²) in [5.41, 5.74) is 3.90. The van der Waals surface area contributed by atoms with E-state index in [-0.39, 0.29) is 5.78 Å². The molecule has 0 bridgehead atoms. The van der Waals surface area contributed by atoms with Gasteiger partial charge in [0.05, 0.1) is 12.1 Å². The van der Waals surface area contributed by atoms with Gasteiger partial charge in [-0.3, -0.25) is 4.79 Å². The van der Waals surface area contributed by atoms with E-state index in [0.717, 1.165) is 16.7 Å². The maximum atomic E-state index is 13.6. The molecule has 1 aliphatic rings. The van der Waals surface area contributed by atoms with Gasteiger partial charge in [0, 0.05) is 16.7 Å². The van der Waals surface area contributed by atoms with Gasteiger partial charge in [-0.05, 0) is 36.6 Å². The van der Waals surface area contributed by atoms with Gasteiger partial charge >= 0.3 is 0 Å². The third kappa shape index (κ3) is 3.37. The summed E-state index contributed by atoms with van der Waals surface area (Å²) in [5, 5.41) is 20.6. The number of ketones is 1. The molecule has 31 heavy (non-hydrogen) atoms. The molecule has 148 valence electrons. The zero-order valence-electron chi connectivity index (χ0n) is 17.4. The van der Waals surface area contributed by atoms with Crippen molar-refractivity contribution in [1.29, 1.82) is 10.5 Å². The van der Waals surface area contributed by atoms with Gasteiger partial charge in [-0.1, -0.05) is 90.0 Å². The van der Waals surface area contributed by atoms with E-state index in [4.69, 9.17) is 0 Å². The molecule has 0 amide bonds. The Morgan fingerprint density at radius 2 is 1.29 bits per heavy atom. The van der Waals surface area contributed by atoms with Crippen molar-refractivity contribution in [2.75, 3.05) is 0 Å². The second kappa shape index (κ2) is 7.90. The summed E-state index contributed by atoms with van der Waals surface area (Å²) in [6.45, 7) is 3.94. The molecule has 0 fully saturated rings. The number of carbonyl (C=O) groups excluding carboxylic acids is 1. The number of allylic oxidation sites excluding steroid dienone is 4. The number of rotatable bonds is 4. The number of nitriles is 2. The van der Waals surface area contributed by atoms with Crippen LogP contribution in [0, 0.1) is 41.9 Å². The van der Waals surface area contributed by atoms with Gasteiger partial charge in [0.1, 0.15) is 0 Å². The summed E-state index contributed by atoms with van der Waals surface area (Å²) in [5.74, 6) is -0.198. The number of hydrogen-bond donors (Lipinski definition) is 0. The summed E-state index contributed by atoms with van der Waals surface area (Å²) in [4.78, 5) is 13.6. The van der Waals surface area contributed by atoms with E-state index >= 15 is 0 Å². The van der Waals surface area contributed by atoms with Crippen molar-refractivity contribution in [3.63, 3.8) is 0 Å². The minimum atomic E-state index is -1.58. The first-order valence-corrected chi connectivity index (χ1v) is 10.0. The predicted octanol–water partition coefficient (Wildman–Crippen LogP) is 6.07. The van der Waals surface area contributed by atoms with Gasteiger partial charge in [0.25, 0.3) is 0 Å². The number of Topliss-reactive ketones (excluding diaryl/α,β-unsaturated/α-hetero) is 1. The van der Waals surface area contributed by atoms with Crippen LogP contribution in [-0.2, 0) is 0 Å². The Labute approximate surface area is 182 Å². The smallest absolute Gasteiger partial charge is 0.195 e. The second-order valence-electron chi connectivity index (χ2n) is 7.75. The van der Waals surface area contributed by atoms with E-state index in [2.05, 4.69) is 12.1 Å². The molecule has 3 aromatic rings. The number of hydrogen-bond acceptors (Lipinski definition) is 3. The van der Waals surface area contributed by atoms with Crippen molar-refractivity contribution < 1.29 is 4.79 Å². The molecule has 0 saturated carbocycles. The van der Waals surface area contributed by atoms with Crippen molar-refractivity contribution in [2.24, 2.45) is 5.41 Å². The van der Waals surface area contributed by atoms with Crippen molar-refractivity contribution >= 4 is 16.9 Å². The summed E-state index contributed by atoms with van der Waals surface area (Å²) < 4.78 is 0. The van der Waals surface area contributed by atoms with Crippen LogP contribution in [-0.4, -0.2) is 5.78 Å². The fourth-order valence-electron chi connectivity index (χ4n) is 3.97. The Morgan fingerprint density at radius 3 is 1.84 bits per heavy atom. The Kier molecular flexibility index (Phi) is 5.12. The van der Waals surface area contributed by atoms with Crippen LogP contribution in [0.15, 0.2) is 90.5 Å². The Bertz CT molecular complexity index is 1280. The topological polar surface area (TPSA) is 64.7 Å². The van der Waals surface area contributed by atoms with E-state index in [1.54, 1.807) is 18.2 Å². The van der Waals surface area contributed by atoms with E-state index in [9.17, 15) is 15.3 Å². The molecule has 0 N–H and O–H groups in total. The van der Waals surface area contributed by atoms with E-state index in [0.29, 0.717) is 27.8 Å². The van der Waals surface area contributed by atoms with E-state index in [1.807, 2.05) is 80.6 Å². The standard InChI is InChI=1S/C28H20N2O/c1-19-8-12-21(13-9-19)25-16-24(27(31)23-14-10-20(2)11-15-23)26(28(25,17-29)18-30)22-6-4-3-5-7-22/h3-16H,1-2H3. The predicted molar refractivity (Wildman–Crippen MR) is 122 cm³/mol. The molecule has 0 radical (unpaired) electrons. The first-order chi connectivity index (χ1) is 15.0. The second-order valence-corrected chi connectivity index (χ2v) is 7.75. The minimum absolute atomic E-state index is 0.198. The lowest BCUT2D eigenvalue weighted by atomic mass is 9.73.